The van der Waals surface area contributed by atoms with Crippen LogP contribution in [0.3, 0.4) is 0 Å². The zero-order chi connectivity index (χ0) is 10.5. The van der Waals surface area contributed by atoms with Gasteiger partial charge in [0.15, 0.2) is 0 Å². The van der Waals surface area contributed by atoms with Crippen molar-refractivity contribution in [3.05, 3.63) is 53.1 Å². The average molecular weight is 198 g/mol. The molecule has 0 spiro atoms. The normalized spacial score (nSPS) is 21.5. The van der Waals surface area contributed by atoms with Crippen LogP contribution in [0.2, 0.25) is 0 Å². The Morgan fingerprint density at radius 2 is 1.93 bits per heavy atom. The molecule has 4 N–H and O–H groups in total. The maximum absolute atomic E-state index is 5.93. The molecule has 0 radical (unpaired) electrons. The van der Waals surface area contributed by atoms with Crippen LogP contribution in [-0.2, 0) is 6.42 Å². The van der Waals surface area contributed by atoms with Crippen molar-refractivity contribution in [1.29, 1.82) is 0 Å². The fourth-order valence-corrected chi connectivity index (χ4v) is 2.49. The Labute approximate surface area is 89.3 Å². The molecule has 0 saturated heterocycles. The molecule has 0 fully saturated rings. The van der Waals surface area contributed by atoms with E-state index in [9.17, 15) is 0 Å². The van der Waals surface area contributed by atoms with E-state index in [1.807, 2.05) is 6.08 Å². The summed E-state index contributed by atoms with van der Waals surface area (Å²) in [5, 5.41) is 0. The van der Waals surface area contributed by atoms with E-state index in [0.717, 1.165) is 12.8 Å². The van der Waals surface area contributed by atoms with Crippen LogP contribution in [0.5, 0.6) is 0 Å². The Bertz CT molecular complexity index is 481. The highest BCUT2D eigenvalue weighted by molar-refractivity contribution is 5.84. The van der Waals surface area contributed by atoms with Crippen molar-refractivity contribution in [2.75, 3.05) is 0 Å². The first kappa shape index (κ1) is 8.89. The molecule has 2 aliphatic rings. The summed E-state index contributed by atoms with van der Waals surface area (Å²) < 4.78 is 0. The van der Waals surface area contributed by atoms with Crippen LogP contribution >= 0.6 is 0 Å². The third-order valence-corrected chi connectivity index (χ3v) is 3.17. The number of hydrogen-bond acceptors (Lipinski definition) is 2. The summed E-state index contributed by atoms with van der Waals surface area (Å²) in [6, 6.07) is 8.51. The van der Waals surface area contributed by atoms with Gasteiger partial charge < -0.3 is 11.5 Å². The van der Waals surface area contributed by atoms with Crippen molar-refractivity contribution in [2.24, 2.45) is 11.5 Å². The van der Waals surface area contributed by atoms with E-state index >= 15 is 0 Å². The van der Waals surface area contributed by atoms with Gasteiger partial charge in [-0.05, 0) is 29.2 Å². The van der Waals surface area contributed by atoms with E-state index in [0.29, 0.717) is 0 Å². The number of hydrogen-bond donors (Lipinski definition) is 2. The fourth-order valence-electron chi connectivity index (χ4n) is 2.49. The number of rotatable bonds is 0. The molecule has 15 heavy (non-hydrogen) atoms. The molecule has 2 aliphatic carbocycles. The smallest absolute Gasteiger partial charge is 0.0870 e. The first-order valence-corrected chi connectivity index (χ1v) is 5.23. The molecule has 3 rings (SSSR count). The zero-order valence-electron chi connectivity index (χ0n) is 8.53. The highest BCUT2D eigenvalue weighted by atomic mass is 14.9. The number of fused-ring (bicyclic) bond motifs is 2. The van der Waals surface area contributed by atoms with Gasteiger partial charge in [-0.25, -0.2) is 0 Å². The van der Waals surface area contributed by atoms with Gasteiger partial charge in [-0.15, -0.1) is 0 Å². The molecule has 0 unspecified atom stereocenters. The SMILES string of the molecule is NC1(N)C=CC2=C(Cc3ccccc32)C1. The topological polar surface area (TPSA) is 52.0 Å². The highest BCUT2D eigenvalue weighted by Crippen LogP contribution is 2.39. The Kier molecular flexibility index (Phi) is 1.67. The molecule has 2 nitrogen and oxygen atoms in total. The van der Waals surface area contributed by atoms with Crippen LogP contribution in [0, 0.1) is 0 Å². The minimum Gasteiger partial charge on any atom is -0.310 e. The first-order valence-electron chi connectivity index (χ1n) is 5.23. The van der Waals surface area contributed by atoms with Gasteiger partial charge in [0.05, 0.1) is 5.66 Å². The average Bonchev–Trinajstić information content (AvgIpc) is 2.52. The van der Waals surface area contributed by atoms with Gasteiger partial charge in [-0.3, -0.25) is 0 Å². The lowest BCUT2D eigenvalue weighted by atomic mass is 9.91. The van der Waals surface area contributed by atoms with Crippen LogP contribution in [0.4, 0.5) is 0 Å². The fraction of sp³-hybridized carbons (Fsp3) is 0.231. The Morgan fingerprint density at radius 3 is 2.80 bits per heavy atom. The van der Waals surface area contributed by atoms with Gasteiger partial charge in [0.25, 0.3) is 0 Å². The molecule has 1 aromatic carbocycles. The molecular formula is C13H14N2. The second-order valence-corrected chi connectivity index (χ2v) is 4.47. The number of benzene rings is 1. The lowest BCUT2D eigenvalue weighted by molar-refractivity contribution is 0.540. The molecule has 0 amide bonds. The molecule has 1 aromatic rings. The largest absolute Gasteiger partial charge is 0.310 e. The lowest BCUT2D eigenvalue weighted by Crippen LogP contribution is -2.48. The van der Waals surface area contributed by atoms with E-state index in [2.05, 4.69) is 30.3 Å². The summed E-state index contributed by atoms with van der Waals surface area (Å²) in [4.78, 5) is 0. The van der Waals surface area contributed by atoms with Crippen LogP contribution < -0.4 is 11.5 Å². The van der Waals surface area contributed by atoms with Crippen molar-refractivity contribution in [3.8, 4) is 0 Å². The summed E-state index contributed by atoms with van der Waals surface area (Å²) in [6.45, 7) is 0. The van der Waals surface area contributed by atoms with Crippen molar-refractivity contribution in [3.63, 3.8) is 0 Å². The summed E-state index contributed by atoms with van der Waals surface area (Å²) >= 11 is 0. The Hall–Kier alpha value is -1.38. The highest BCUT2D eigenvalue weighted by Gasteiger charge is 2.28. The van der Waals surface area contributed by atoms with E-state index in [4.69, 9.17) is 11.5 Å². The third kappa shape index (κ3) is 1.34. The zero-order valence-corrected chi connectivity index (χ0v) is 8.53. The van der Waals surface area contributed by atoms with Gasteiger partial charge in [0.1, 0.15) is 0 Å². The monoisotopic (exact) mass is 198 g/mol. The molecular weight excluding hydrogens is 184 g/mol. The van der Waals surface area contributed by atoms with Gasteiger partial charge in [-0.2, -0.15) is 0 Å². The molecule has 76 valence electrons. The maximum atomic E-state index is 5.93. The van der Waals surface area contributed by atoms with E-state index < -0.39 is 5.66 Å². The van der Waals surface area contributed by atoms with Gasteiger partial charge >= 0.3 is 0 Å². The van der Waals surface area contributed by atoms with Crippen LogP contribution in [-0.4, -0.2) is 5.66 Å². The third-order valence-electron chi connectivity index (χ3n) is 3.17. The molecule has 0 aromatic heterocycles. The molecule has 0 bridgehead atoms. The second-order valence-electron chi connectivity index (χ2n) is 4.47. The van der Waals surface area contributed by atoms with Crippen LogP contribution in [0.15, 0.2) is 42.0 Å². The molecule has 0 atom stereocenters. The van der Waals surface area contributed by atoms with Gasteiger partial charge in [0.2, 0.25) is 0 Å². The summed E-state index contributed by atoms with van der Waals surface area (Å²) in [6.07, 6.45) is 5.76. The lowest BCUT2D eigenvalue weighted by Gasteiger charge is -2.25. The van der Waals surface area contributed by atoms with E-state index in [-0.39, 0.29) is 0 Å². The maximum Gasteiger partial charge on any atom is 0.0870 e. The van der Waals surface area contributed by atoms with Crippen LogP contribution in [0.1, 0.15) is 17.5 Å². The summed E-state index contributed by atoms with van der Waals surface area (Å²) in [5.41, 5.74) is 16.6. The first-order chi connectivity index (χ1) is 7.16. The number of nitrogens with two attached hydrogens (primary N) is 2. The predicted octanol–water partition coefficient (Wildman–Crippen LogP) is 1.57. The standard InChI is InChI=1S/C13H14N2/c14-13(15)6-5-12-10(8-13)7-9-3-1-2-4-11(9)12/h1-6H,7-8,14-15H2. The number of allylic oxidation sites excluding steroid dienone is 2. The Morgan fingerprint density at radius 1 is 1.13 bits per heavy atom. The minimum absolute atomic E-state index is 0.652. The second kappa shape index (κ2) is 2.81. The van der Waals surface area contributed by atoms with Crippen LogP contribution in [0.25, 0.3) is 5.57 Å². The quantitative estimate of drug-likeness (QED) is 0.622. The van der Waals surface area contributed by atoms with Gasteiger partial charge in [0, 0.05) is 6.42 Å². The van der Waals surface area contributed by atoms with E-state index in [1.165, 1.54) is 22.3 Å². The summed E-state index contributed by atoms with van der Waals surface area (Å²) in [5.74, 6) is 0. The Balaban J connectivity index is 2.08. The molecule has 0 saturated carbocycles. The van der Waals surface area contributed by atoms with Crippen molar-refractivity contribution in [1.82, 2.24) is 0 Å². The van der Waals surface area contributed by atoms with E-state index in [1.54, 1.807) is 0 Å². The predicted molar refractivity (Wildman–Crippen MR) is 61.9 cm³/mol. The van der Waals surface area contributed by atoms with Gasteiger partial charge in [-0.1, -0.05) is 35.9 Å². The van der Waals surface area contributed by atoms with Crippen molar-refractivity contribution < 1.29 is 0 Å². The molecule has 0 heterocycles. The minimum atomic E-state index is -0.652. The molecule has 2 heteroatoms. The summed E-state index contributed by atoms with van der Waals surface area (Å²) in [7, 11) is 0. The van der Waals surface area contributed by atoms with Crippen molar-refractivity contribution in [2.45, 2.75) is 18.5 Å². The molecule has 0 aliphatic heterocycles. The van der Waals surface area contributed by atoms with Crippen molar-refractivity contribution >= 4 is 5.57 Å².